The van der Waals surface area contributed by atoms with Crippen LogP contribution in [0, 0.1) is 0 Å². The predicted molar refractivity (Wildman–Crippen MR) is 63.1 cm³/mol. The molecule has 1 aromatic heterocycles. The van der Waals surface area contributed by atoms with Gasteiger partial charge < -0.3 is 9.32 Å². The molecule has 0 aromatic carbocycles. The molecule has 0 spiro atoms. The Labute approximate surface area is 104 Å². The van der Waals surface area contributed by atoms with Crippen LogP contribution in [0.4, 0.5) is 0 Å². The van der Waals surface area contributed by atoms with Crippen molar-refractivity contribution in [3.05, 3.63) is 23.1 Å². The molecular weight excluding hydrogens is 249 g/mol. The summed E-state index contributed by atoms with van der Waals surface area (Å²) in [6, 6.07) is 1.72. The summed E-state index contributed by atoms with van der Waals surface area (Å²) in [5.41, 5.74) is 0.429. The van der Waals surface area contributed by atoms with Crippen molar-refractivity contribution in [2.45, 2.75) is 25.3 Å². The summed E-state index contributed by atoms with van der Waals surface area (Å²) in [5, 5.41) is 0.156. The van der Waals surface area contributed by atoms with Crippen molar-refractivity contribution in [2.75, 3.05) is 12.4 Å². The minimum atomic E-state index is -0.0795. The maximum Gasteiger partial charge on any atom is 0.259 e. The molecule has 0 bridgehead atoms. The van der Waals surface area contributed by atoms with Gasteiger partial charge in [0.1, 0.15) is 0 Å². The number of piperidine rings is 1. The van der Waals surface area contributed by atoms with Crippen LogP contribution >= 0.6 is 23.2 Å². The molecule has 0 radical (unpaired) electrons. The van der Waals surface area contributed by atoms with E-state index in [-0.39, 0.29) is 17.2 Å². The van der Waals surface area contributed by atoms with E-state index in [0.29, 0.717) is 11.4 Å². The van der Waals surface area contributed by atoms with E-state index in [1.807, 2.05) is 0 Å². The third-order valence-electron chi connectivity index (χ3n) is 2.91. The fourth-order valence-electron chi connectivity index (χ4n) is 2.03. The van der Waals surface area contributed by atoms with Gasteiger partial charge in [-0.1, -0.05) is 0 Å². The van der Waals surface area contributed by atoms with Gasteiger partial charge >= 0.3 is 0 Å². The number of halogens is 2. The molecule has 1 aromatic rings. The van der Waals surface area contributed by atoms with Crippen LogP contribution in [0.25, 0.3) is 0 Å². The number of hydrogen-bond acceptors (Lipinski definition) is 2. The Morgan fingerprint density at radius 2 is 2.38 bits per heavy atom. The maximum absolute atomic E-state index is 12.2. The monoisotopic (exact) mass is 261 g/mol. The van der Waals surface area contributed by atoms with Crippen LogP contribution in [-0.4, -0.2) is 29.3 Å². The molecule has 2 heterocycles. The van der Waals surface area contributed by atoms with Crippen molar-refractivity contribution in [3.63, 3.8) is 0 Å². The van der Waals surface area contributed by atoms with E-state index in [2.05, 4.69) is 0 Å². The van der Waals surface area contributed by atoms with Crippen LogP contribution in [0.2, 0.25) is 5.22 Å². The highest BCUT2D eigenvalue weighted by molar-refractivity contribution is 6.32. The summed E-state index contributed by atoms with van der Waals surface area (Å²) in [6.45, 7) is 0.748. The zero-order valence-electron chi connectivity index (χ0n) is 8.79. The van der Waals surface area contributed by atoms with Gasteiger partial charge in [0, 0.05) is 18.5 Å². The van der Waals surface area contributed by atoms with Crippen LogP contribution in [0.1, 0.15) is 29.6 Å². The van der Waals surface area contributed by atoms with Crippen molar-refractivity contribution in [1.29, 1.82) is 0 Å². The Hall–Kier alpha value is -0.670. The average molecular weight is 262 g/mol. The van der Waals surface area contributed by atoms with E-state index in [4.69, 9.17) is 27.6 Å². The number of hydrogen-bond donors (Lipinski definition) is 0. The summed E-state index contributed by atoms with van der Waals surface area (Å²) >= 11 is 11.7. The lowest BCUT2D eigenvalue weighted by Crippen LogP contribution is -2.44. The van der Waals surface area contributed by atoms with Crippen LogP contribution in [0.5, 0.6) is 0 Å². The highest BCUT2D eigenvalue weighted by Crippen LogP contribution is 2.24. The molecule has 1 fully saturated rings. The zero-order valence-corrected chi connectivity index (χ0v) is 10.3. The fraction of sp³-hybridized carbons (Fsp3) is 0.545. The van der Waals surface area contributed by atoms with E-state index in [1.54, 1.807) is 11.0 Å². The summed E-state index contributed by atoms with van der Waals surface area (Å²) < 4.78 is 4.93. The quantitative estimate of drug-likeness (QED) is 0.767. The minimum Gasteiger partial charge on any atom is -0.452 e. The van der Waals surface area contributed by atoms with Gasteiger partial charge in [-0.3, -0.25) is 4.79 Å². The molecule has 3 nitrogen and oxygen atoms in total. The molecule has 5 heteroatoms. The molecule has 1 amide bonds. The van der Waals surface area contributed by atoms with Crippen molar-refractivity contribution in [1.82, 2.24) is 4.90 Å². The SMILES string of the molecule is O=C(c1ccoc1Cl)N1CCCCC1CCl. The van der Waals surface area contributed by atoms with Gasteiger partial charge in [0.05, 0.1) is 11.8 Å². The fourth-order valence-corrected chi connectivity index (χ4v) is 2.55. The molecule has 16 heavy (non-hydrogen) atoms. The smallest absolute Gasteiger partial charge is 0.259 e. The largest absolute Gasteiger partial charge is 0.452 e. The summed E-state index contributed by atoms with van der Waals surface area (Å²) in [4.78, 5) is 14.0. The van der Waals surface area contributed by atoms with E-state index in [0.717, 1.165) is 25.8 Å². The number of carbonyl (C=O) groups excluding carboxylic acids is 1. The second-order valence-electron chi connectivity index (χ2n) is 3.91. The Kier molecular flexibility index (Phi) is 3.77. The first-order chi connectivity index (χ1) is 7.74. The van der Waals surface area contributed by atoms with Gasteiger partial charge in [-0.05, 0) is 36.9 Å². The molecule has 1 aliphatic rings. The van der Waals surface area contributed by atoms with Gasteiger partial charge in [-0.15, -0.1) is 11.6 Å². The third kappa shape index (κ3) is 2.20. The molecule has 1 aliphatic heterocycles. The van der Waals surface area contributed by atoms with Crippen LogP contribution in [-0.2, 0) is 0 Å². The standard InChI is InChI=1S/C11H13Cl2NO2/c12-7-8-3-1-2-5-14(8)11(15)9-4-6-16-10(9)13/h4,6,8H,1-3,5,7H2. The third-order valence-corrected chi connectivity index (χ3v) is 3.56. The molecular formula is C11H13Cl2NO2. The first-order valence-corrected chi connectivity index (χ1v) is 6.25. The van der Waals surface area contributed by atoms with E-state index < -0.39 is 0 Å². The summed E-state index contributed by atoms with van der Waals surface area (Å²) in [5.74, 6) is 0.394. The molecule has 1 atom stereocenters. The Bertz CT molecular complexity index is 378. The second-order valence-corrected chi connectivity index (χ2v) is 4.56. The first-order valence-electron chi connectivity index (χ1n) is 5.34. The van der Waals surface area contributed by atoms with Gasteiger partial charge in [0.15, 0.2) is 0 Å². The van der Waals surface area contributed by atoms with Gasteiger partial charge in [-0.2, -0.15) is 0 Å². The lowest BCUT2D eigenvalue weighted by Gasteiger charge is -2.34. The van der Waals surface area contributed by atoms with Gasteiger partial charge in [0.2, 0.25) is 5.22 Å². The van der Waals surface area contributed by atoms with Crippen molar-refractivity contribution in [2.24, 2.45) is 0 Å². The van der Waals surface area contributed by atoms with Crippen molar-refractivity contribution < 1.29 is 9.21 Å². The zero-order chi connectivity index (χ0) is 11.5. The number of alkyl halides is 1. The lowest BCUT2D eigenvalue weighted by atomic mass is 10.0. The molecule has 2 rings (SSSR count). The molecule has 0 aliphatic carbocycles. The van der Waals surface area contributed by atoms with E-state index >= 15 is 0 Å². The highest BCUT2D eigenvalue weighted by atomic mass is 35.5. The molecule has 0 saturated carbocycles. The molecule has 1 saturated heterocycles. The van der Waals surface area contributed by atoms with Crippen LogP contribution in [0.3, 0.4) is 0 Å². The topological polar surface area (TPSA) is 33.5 Å². The van der Waals surface area contributed by atoms with Crippen LogP contribution in [0.15, 0.2) is 16.7 Å². The second kappa shape index (κ2) is 5.11. The first kappa shape index (κ1) is 11.8. The normalized spacial score (nSPS) is 21.1. The van der Waals surface area contributed by atoms with Gasteiger partial charge in [-0.25, -0.2) is 0 Å². The Morgan fingerprint density at radius 1 is 1.56 bits per heavy atom. The average Bonchev–Trinajstić information content (AvgIpc) is 2.74. The number of furan rings is 1. The Morgan fingerprint density at radius 3 is 3.00 bits per heavy atom. The van der Waals surface area contributed by atoms with E-state index in [1.165, 1.54) is 6.26 Å². The number of carbonyl (C=O) groups is 1. The van der Waals surface area contributed by atoms with E-state index in [9.17, 15) is 4.79 Å². The predicted octanol–water partition coefficient (Wildman–Crippen LogP) is 3.17. The number of amides is 1. The molecule has 0 N–H and O–H groups in total. The van der Waals surface area contributed by atoms with Crippen molar-refractivity contribution in [3.8, 4) is 0 Å². The number of likely N-dealkylation sites (tertiary alicyclic amines) is 1. The van der Waals surface area contributed by atoms with Crippen LogP contribution < -0.4 is 0 Å². The summed E-state index contributed by atoms with van der Waals surface area (Å²) in [7, 11) is 0. The van der Waals surface area contributed by atoms with Gasteiger partial charge in [0.25, 0.3) is 5.91 Å². The lowest BCUT2D eigenvalue weighted by molar-refractivity contribution is 0.0638. The van der Waals surface area contributed by atoms with Crippen molar-refractivity contribution >= 4 is 29.1 Å². The minimum absolute atomic E-state index is 0.0795. The molecule has 1 unspecified atom stereocenters. The highest BCUT2D eigenvalue weighted by Gasteiger charge is 2.28. The number of nitrogens with zero attached hydrogens (tertiary/aromatic N) is 1. The Balaban J connectivity index is 2.17. The maximum atomic E-state index is 12.2. The number of rotatable bonds is 2. The molecule has 88 valence electrons. The summed E-state index contributed by atoms with van der Waals surface area (Å²) in [6.07, 6.45) is 4.54.